The molecule has 4 atom stereocenters. The quantitative estimate of drug-likeness (QED) is 0.421. The second-order valence-corrected chi connectivity index (χ2v) is 13.1. The van der Waals surface area contributed by atoms with Crippen LogP contribution < -0.4 is 4.74 Å². The van der Waals surface area contributed by atoms with Gasteiger partial charge in [-0.3, -0.25) is 23.2 Å². The lowest BCUT2D eigenvalue weighted by molar-refractivity contribution is -0.0478. The van der Waals surface area contributed by atoms with E-state index in [2.05, 4.69) is 11.6 Å². The zero-order chi connectivity index (χ0) is 25.4. The number of aromatic nitrogens is 1. The second kappa shape index (κ2) is 9.71. The molecule has 0 spiro atoms. The summed E-state index contributed by atoms with van der Waals surface area (Å²) in [6.07, 6.45) is -0.0209. The smallest absolute Gasteiger partial charge is 0.372 e. The Morgan fingerprint density at radius 1 is 1.29 bits per heavy atom. The van der Waals surface area contributed by atoms with Crippen LogP contribution in [0.3, 0.4) is 0 Å². The molecule has 2 aromatic rings. The highest BCUT2D eigenvalue weighted by Gasteiger charge is 2.65. The molecule has 190 valence electrons. The highest BCUT2D eigenvalue weighted by molar-refractivity contribution is 7.75. The summed E-state index contributed by atoms with van der Waals surface area (Å²) in [5.41, 5.74) is -0.620. The Hall–Kier alpha value is -2.17. The summed E-state index contributed by atoms with van der Waals surface area (Å²) in [7, 11) is -9.58. The number of hydrogen-bond acceptors (Lipinski definition) is 9. The number of ether oxygens (including phenoxy) is 2. The first-order valence-electron chi connectivity index (χ1n) is 10.5. The summed E-state index contributed by atoms with van der Waals surface area (Å²) >= 11 is 0. The number of pyridine rings is 1. The molecule has 1 aromatic heterocycles. The van der Waals surface area contributed by atoms with E-state index in [0.29, 0.717) is 26.3 Å². The molecule has 0 amide bonds. The number of morpholine rings is 1. The normalized spacial score (nSPS) is 31.2. The van der Waals surface area contributed by atoms with Gasteiger partial charge in [0.15, 0.2) is 5.88 Å². The fourth-order valence-corrected chi connectivity index (χ4v) is 8.01. The van der Waals surface area contributed by atoms with Gasteiger partial charge in [0.1, 0.15) is 17.4 Å². The van der Waals surface area contributed by atoms with Crippen molar-refractivity contribution < 1.29 is 46.4 Å². The van der Waals surface area contributed by atoms with Gasteiger partial charge in [0.25, 0.3) is 0 Å². The molecule has 35 heavy (non-hydrogen) atoms. The number of nitrogens with zero attached hydrogens (tertiary/aromatic N) is 2. The molecule has 0 saturated carbocycles. The van der Waals surface area contributed by atoms with Crippen LogP contribution in [0.5, 0.6) is 5.75 Å². The van der Waals surface area contributed by atoms with E-state index in [-0.39, 0.29) is 17.2 Å². The molecule has 4 rings (SSSR count). The zero-order valence-corrected chi connectivity index (χ0v) is 20.5. The summed E-state index contributed by atoms with van der Waals surface area (Å²) in [5.74, 6) is -2.55. The lowest BCUT2D eigenvalue weighted by Gasteiger charge is -2.43. The van der Waals surface area contributed by atoms with E-state index in [1.807, 2.05) is 0 Å². The second-order valence-electron chi connectivity index (χ2n) is 8.12. The predicted octanol–water partition coefficient (Wildman–Crippen LogP) is 3.57. The Morgan fingerprint density at radius 2 is 1.94 bits per heavy atom. The molecule has 2 fully saturated rings. The van der Waals surface area contributed by atoms with Crippen LogP contribution in [0.2, 0.25) is 0 Å². The molecule has 0 radical (unpaired) electrons. The number of hydrogen-bond donors (Lipinski definition) is 2. The molecule has 1 aromatic carbocycles. The van der Waals surface area contributed by atoms with Crippen molar-refractivity contribution in [2.75, 3.05) is 33.0 Å². The standard InChI is InChI=1S/C21H24F2N2O8P2/c1-14(25-6-8-30-9-7-25)31-16-10-17(22)19(18(23)11-16)20-32-34(2,27)21(26,35(28,29)33-20)12-15-4-3-5-24-13-15/h3-5,10-11,13,20,26H,1,6-9,12H2,2H3,(H,28,29). The summed E-state index contributed by atoms with van der Waals surface area (Å²) in [6, 6.07) is 4.63. The third-order valence-electron chi connectivity index (χ3n) is 5.69. The van der Waals surface area contributed by atoms with Gasteiger partial charge >= 0.3 is 7.60 Å². The molecular weight excluding hydrogens is 508 g/mol. The third kappa shape index (κ3) is 5.06. The maximum absolute atomic E-state index is 15.0. The highest BCUT2D eigenvalue weighted by Crippen LogP contribution is 2.79. The lowest BCUT2D eigenvalue weighted by Crippen LogP contribution is -2.38. The Balaban J connectivity index is 1.58. The Morgan fingerprint density at radius 3 is 2.51 bits per heavy atom. The van der Waals surface area contributed by atoms with Crippen molar-refractivity contribution in [1.29, 1.82) is 0 Å². The van der Waals surface area contributed by atoms with Crippen LogP contribution in [0.15, 0.2) is 49.1 Å². The van der Waals surface area contributed by atoms with Gasteiger partial charge < -0.3 is 24.4 Å². The molecule has 3 heterocycles. The van der Waals surface area contributed by atoms with E-state index in [4.69, 9.17) is 18.5 Å². The van der Waals surface area contributed by atoms with Crippen molar-refractivity contribution in [1.82, 2.24) is 9.88 Å². The monoisotopic (exact) mass is 532 g/mol. The van der Waals surface area contributed by atoms with Crippen LogP contribution in [0.4, 0.5) is 8.78 Å². The number of benzene rings is 1. The van der Waals surface area contributed by atoms with Gasteiger partial charge in [-0.05, 0) is 18.2 Å². The maximum Gasteiger partial charge on any atom is 0.372 e. The van der Waals surface area contributed by atoms with Gasteiger partial charge in [-0.25, -0.2) is 8.78 Å². The van der Waals surface area contributed by atoms with Crippen molar-refractivity contribution in [3.05, 3.63) is 71.9 Å². The van der Waals surface area contributed by atoms with Crippen molar-refractivity contribution >= 4 is 15.0 Å². The van der Waals surface area contributed by atoms with Crippen LogP contribution in [0.1, 0.15) is 17.4 Å². The van der Waals surface area contributed by atoms with Crippen LogP contribution in [0, 0.1) is 11.6 Å². The molecule has 0 aliphatic carbocycles. The van der Waals surface area contributed by atoms with Gasteiger partial charge in [-0.2, -0.15) is 0 Å². The van der Waals surface area contributed by atoms with Gasteiger partial charge in [0.2, 0.25) is 18.7 Å². The largest absolute Gasteiger partial charge is 0.442 e. The molecule has 2 aliphatic heterocycles. The molecule has 4 unspecified atom stereocenters. The number of rotatable bonds is 6. The van der Waals surface area contributed by atoms with Crippen LogP contribution in [0.25, 0.3) is 0 Å². The molecule has 2 N–H and O–H groups in total. The summed E-state index contributed by atoms with van der Waals surface area (Å²) < 4.78 is 77.1. The minimum absolute atomic E-state index is 0.156. The molecular formula is C21H24F2N2O8P2. The average molecular weight is 532 g/mol. The Labute approximate surface area is 200 Å². The van der Waals surface area contributed by atoms with Crippen molar-refractivity contribution in [2.45, 2.75) is 17.8 Å². The molecule has 2 aliphatic rings. The highest BCUT2D eigenvalue weighted by atomic mass is 31.2. The van der Waals surface area contributed by atoms with Crippen molar-refractivity contribution in [3.63, 3.8) is 0 Å². The first kappa shape index (κ1) is 25.9. The third-order valence-corrected chi connectivity index (χ3v) is 11.1. The first-order valence-corrected chi connectivity index (χ1v) is 14.2. The summed E-state index contributed by atoms with van der Waals surface area (Å²) in [5, 5.41) is 8.11. The van der Waals surface area contributed by atoms with E-state index in [1.54, 1.807) is 4.90 Å². The van der Waals surface area contributed by atoms with E-state index in [9.17, 15) is 27.9 Å². The minimum Gasteiger partial charge on any atom is -0.442 e. The molecule has 0 bridgehead atoms. The molecule has 14 heteroatoms. The fourth-order valence-electron chi connectivity index (χ4n) is 3.71. The average Bonchev–Trinajstić information content (AvgIpc) is 2.78. The fraction of sp³-hybridized carbons (Fsp3) is 0.381. The first-order chi connectivity index (χ1) is 16.4. The Bertz CT molecular complexity index is 1160. The maximum atomic E-state index is 15.0. The van der Waals surface area contributed by atoms with Crippen LogP contribution in [-0.2, 0) is 29.3 Å². The number of aliphatic hydroxyl groups is 1. The van der Waals surface area contributed by atoms with E-state index >= 15 is 0 Å². The van der Waals surface area contributed by atoms with E-state index in [1.165, 1.54) is 24.5 Å². The minimum atomic E-state index is -5.17. The van der Waals surface area contributed by atoms with Crippen molar-refractivity contribution in [2.24, 2.45) is 0 Å². The van der Waals surface area contributed by atoms with Crippen molar-refractivity contribution in [3.8, 4) is 5.75 Å². The van der Waals surface area contributed by atoms with E-state index in [0.717, 1.165) is 18.8 Å². The molecule has 2 saturated heterocycles. The SMILES string of the molecule is C=C(Oc1cc(F)c(C2OP(C)(=O)C(O)(Cc3cccnc3)P(=O)(O)O2)c(F)c1)N1CCOCC1. The van der Waals surface area contributed by atoms with Gasteiger partial charge in [-0.1, -0.05) is 6.07 Å². The van der Waals surface area contributed by atoms with Gasteiger partial charge in [0, 0.05) is 50.7 Å². The zero-order valence-electron chi connectivity index (χ0n) is 18.7. The van der Waals surface area contributed by atoms with Crippen LogP contribution in [-0.4, -0.2) is 57.9 Å². The predicted molar refractivity (Wildman–Crippen MR) is 120 cm³/mol. The summed E-state index contributed by atoms with van der Waals surface area (Å²) in [4.78, 5) is 16.1. The van der Waals surface area contributed by atoms with Crippen LogP contribution >= 0.6 is 15.0 Å². The van der Waals surface area contributed by atoms with Gasteiger partial charge in [0.05, 0.1) is 18.8 Å². The topological polar surface area (TPSA) is 128 Å². The Kier molecular flexibility index (Phi) is 7.19. The summed E-state index contributed by atoms with van der Waals surface area (Å²) in [6.45, 7) is 6.54. The van der Waals surface area contributed by atoms with E-state index < -0.39 is 50.0 Å². The lowest BCUT2D eigenvalue weighted by atomic mass is 10.2. The molecule has 10 nitrogen and oxygen atoms in total. The van der Waals surface area contributed by atoms with Gasteiger partial charge in [-0.15, -0.1) is 0 Å². The number of halogens is 2.